The maximum atomic E-state index is 5.97. The van der Waals surface area contributed by atoms with Crippen LogP contribution in [0, 0.1) is 13.8 Å². The second-order valence-electron chi connectivity index (χ2n) is 7.20. The molecule has 0 bridgehead atoms. The molecule has 1 aliphatic heterocycles. The summed E-state index contributed by atoms with van der Waals surface area (Å²) in [4.78, 5) is 2.51. The van der Waals surface area contributed by atoms with Crippen molar-refractivity contribution >= 4 is 11.4 Å². The van der Waals surface area contributed by atoms with Crippen LogP contribution in [-0.4, -0.2) is 37.9 Å². The summed E-state index contributed by atoms with van der Waals surface area (Å²) in [5.41, 5.74) is 10.9. The highest BCUT2D eigenvalue weighted by molar-refractivity contribution is 5.66. The highest BCUT2D eigenvalue weighted by Gasteiger charge is 2.30. The van der Waals surface area contributed by atoms with Crippen LogP contribution in [0.4, 0.5) is 11.4 Å². The van der Waals surface area contributed by atoms with Gasteiger partial charge in [-0.15, -0.1) is 0 Å². The third-order valence-electron chi connectivity index (χ3n) is 5.34. The minimum atomic E-state index is 0.258. The highest BCUT2D eigenvalue weighted by atomic mass is 16.5. The molecular weight excluding hydrogens is 298 g/mol. The number of nitrogens with zero attached hydrogens (tertiary/aromatic N) is 1. The van der Waals surface area contributed by atoms with Crippen molar-refractivity contribution < 1.29 is 4.74 Å². The molecule has 3 atom stereocenters. The molecule has 0 aliphatic carbocycles. The zero-order valence-corrected chi connectivity index (χ0v) is 16.1. The van der Waals surface area contributed by atoms with Crippen LogP contribution in [0.15, 0.2) is 12.1 Å². The van der Waals surface area contributed by atoms with Gasteiger partial charge in [0.05, 0.1) is 18.2 Å². The quantitative estimate of drug-likeness (QED) is 0.744. The van der Waals surface area contributed by atoms with Gasteiger partial charge in [-0.25, -0.2) is 0 Å². The summed E-state index contributed by atoms with van der Waals surface area (Å²) < 4.78 is 5.97. The number of ether oxygens (including phenoxy) is 1. The van der Waals surface area contributed by atoms with E-state index in [9.17, 15) is 0 Å². The Morgan fingerprint density at radius 3 is 2.58 bits per heavy atom. The fourth-order valence-electron chi connectivity index (χ4n) is 3.52. The molecule has 1 aromatic carbocycles. The molecule has 0 spiro atoms. The maximum Gasteiger partial charge on any atom is 0.0751 e. The number of nitrogens with two attached hydrogens (primary N) is 1. The Labute approximate surface area is 147 Å². The summed E-state index contributed by atoms with van der Waals surface area (Å²) in [6.45, 7) is 13.8. The number of unbranched alkanes of at least 4 members (excludes halogenated alkanes) is 2. The smallest absolute Gasteiger partial charge is 0.0751 e. The number of anilines is 2. The van der Waals surface area contributed by atoms with Gasteiger partial charge in [0, 0.05) is 24.5 Å². The SMILES string of the molecule is Cc1c(NCCCCCN)ccc(N2CC(C)OC(C)C2C)c1C. The molecule has 136 valence electrons. The van der Waals surface area contributed by atoms with Crippen LogP contribution in [0.1, 0.15) is 51.2 Å². The van der Waals surface area contributed by atoms with E-state index in [0.717, 1.165) is 26.1 Å². The first-order valence-electron chi connectivity index (χ1n) is 9.42. The first-order chi connectivity index (χ1) is 11.5. The van der Waals surface area contributed by atoms with Crippen molar-refractivity contribution in [3.8, 4) is 0 Å². The number of hydrogen-bond donors (Lipinski definition) is 2. The van der Waals surface area contributed by atoms with Gasteiger partial charge in [0.2, 0.25) is 0 Å². The van der Waals surface area contributed by atoms with Crippen molar-refractivity contribution in [3.05, 3.63) is 23.3 Å². The molecule has 4 nitrogen and oxygen atoms in total. The molecule has 1 heterocycles. The van der Waals surface area contributed by atoms with Crippen molar-refractivity contribution in [2.75, 3.05) is 29.9 Å². The molecule has 1 saturated heterocycles. The van der Waals surface area contributed by atoms with Crippen LogP contribution in [0.25, 0.3) is 0 Å². The average molecular weight is 334 g/mol. The lowest BCUT2D eigenvalue weighted by Gasteiger charge is -2.43. The van der Waals surface area contributed by atoms with E-state index >= 15 is 0 Å². The van der Waals surface area contributed by atoms with Gasteiger partial charge in [-0.2, -0.15) is 0 Å². The average Bonchev–Trinajstić information content (AvgIpc) is 2.55. The second-order valence-corrected chi connectivity index (χ2v) is 7.20. The van der Waals surface area contributed by atoms with Crippen molar-refractivity contribution in [2.24, 2.45) is 5.73 Å². The van der Waals surface area contributed by atoms with E-state index in [1.54, 1.807) is 0 Å². The molecule has 3 unspecified atom stereocenters. The third-order valence-corrected chi connectivity index (χ3v) is 5.34. The molecular formula is C20H35N3O. The first-order valence-corrected chi connectivity index (χ1v) is 9.42. The highest BCUT2D eigenvalue weighted by Crippen LogP contribution is 2.32. The molecule has 0 saturated carbocycles. The molecule has 0 amide bonds. The summed E-state index contributed by atoms with van der Waals surface area (Å²) in [6, 6.07) is 4.90. The number of morpholine rings is 1. The Hall–Kier alpha value is -1.26. The van der Waals surface area contributed by atoms with Crippen LogP contribution >= 0.6 is 0 Å². The molecule has 2 rings (SSSR count). The van der Waals surface area contributed by atoms with Crippen LogP contribution < -0.4 is 16.0 Å². The fourth-order valence-corrected chi connectivity index (χ4v) is 3.52. The minimum absolute atomic E-state index is 0.258. The van der Waals surface area contributed by atoms with Crippen LogP contribution in [0.3, 0.4) is 0 Å². The molecule has 3 N–H and O–H groups in total. The Bertz CT molecular complexity index is 532. The summed E-state index contributed by atoms with van der Waals surface area (Å²) in [6.07, 6.45) is 4.02. The molecule has 4 heteroatoms. The van der Waals surface area contributed by atoms with E-state index in [-0.39, 0.29) is 12.2 Å². The molecule has 0 radical (unpaired) electrons. The van der Waals surface area contributed by atoms with Gasteiger partial charge >= 0.3 is 0 Å². The normalized spacial score (nSPS) is 24.2. The van der Waals surface area contributed by atoms with E-state index < -0.39 is 0 Å². The van der Waals surface area contributed by atoms with Crippen LogP contribution in [-0.2, 0) is 4.74 Å². The Balaban J connectivity index is 2.08. The van der Waals surface area contributed by atoms with E-state index in [1.165, 1.54) is 35.3 Å². The monoisotopic (exact) mass is 333 g/mol. The van der Waals surface area contributed by atoms with E-state index in [4.69, 9.17) is 10.5 Å². The van der Waals surface area contributed by atoms with Gasteiger partial charge in [0.25, 0.3) is 0 Å². The van der Waals surface area contributed by atoms with Crippen molar-refractivity contribution in [1.82, 2.24) is 0 Å². The third kappa shape index (κ3) is 4.42. The lowest BCUT2D eigenvalue weighted by molar-refractivity contribution is -0.0258. The zero-order chi connectivity index (χ0) is 17.7. The van der Waals surface area contributed by atoms with E-state index in [1.807, 2.05) is 0 Å². The summed E-state index contributed by atoms with van der Waals surface area (Å²) >= 11 is 0. The van der Waals surface area contributed by atoms with Gasteiger partial charge in [0.15, 0.2) is 0 Å². The van der Waals surface area contributed by atoms with Crippen molar-refractivity contribution in [3.63, 3.8) is 0 Å². The van der Waals surface area contributed by atoms with E-state index in [0.29, 0.717) is 6.04 Å². The number of nitrogens with one attached hydrogen (secondary N) is 1. The van der Waals surface area contributed by atoms with Gasteiger partial charge < -0.3 is 20.7 Å². The maximum absolute atomic E-state index is 5.97. The molecule has 24 heavy (non-hydrogen) atoms. The number of benzene rings is 1. The minimum Gasteiger partial charge on any atom is -0.385 e. The van der Waals surface area contributed by atoms with Crippen LogP contribution in [0.2, 0.25) is 0 Å². The first kappa shape index (κ1) is 19.1. The van der Waals surface area contributed by atoms with Gasteiger partial charge in [-0.05, 0) is 77.3 Å². The number of hydrogen-bond acceptors (Lipinski definition) is 4. The topological polar surface area (TPSA) is 50.5 Å². The summed E-state index contributed by atoms with van der Waals surface area (Å²) in [5.74, 6) is 0. The molecule has 1 fully saturated rings. The fraction of sp³-hybridized carbons (Fsp3) is 0.700. The molecule has 0 aromatic heterocycles. The van der Waals surface area contributed by atoms with E-state index in [2.05, 4.69) is 57.0 Å². The van der Waals surface area contributed by atoms with Crippen molar-refractivity contribution in [1.29, 1.82) is 0 Å². The summed E-state index contributed by atoms with van der Waals surface area (Å²) in [7, 11) is 0. The Morgan fingerprint density at radius 2 is 1.88 bits per heavy atom. The predicted octanol–water partition coefficient (Wildman–Crippen LogP) is 3.85. The molecule has 1 aromatic rings. The van der Waals surface area contributed by atoms with Gasteiger partial charge in [-0.3, -0.25) is 0 Å². The summed E-state index contributed by atoms with van der Waals surface area (Å²) in [5, 5.41) is 3.59. The predicted molar refractivity (Wildman–Crippen MR) is 104 cm³/mol. The number of rotatable bonds is 7. The van der Waals surface area contributed by atoms with Gasteiger partial charge in [0.1, 0.15) is 0 Å². The Morgan fingerprint density at radius 1 is 1.12 bits per heavy atom. The lowest BCUT2D eigenvalue weighted by Crippen LogP contribution is -2.52. The lowest BCUT2D eigenvalue weighted by atomic mass is 10.0. The van der Waals surface area contributed by atoms with Gasteiger partial charge in [-0.1, -0.05) is 6.42 Å². The zero-order valence-electron chi connectivity index (χ0n) is 16.1. The molecule has 1 aliphatic rings. The standard InChI is InChI=1S/C20H35N3O/c1-14-13-23(17(4)18(5)24-14)20-10-9-19(15(2)16(20)3)22-12-8-6-7-11-21/h9-10,14,17-18,22H,6-8,11-13,21H2,1-5H3. The largest absolute Gasteiger partial charge is 0.385 e. The van der Waals surface area contributed by atoms with Crippen LogP contribution in [0.5, 0.6) is 0 Å². The Kier molecular flexibility index (Phi) is 6.93. The van der Waals surface area contributed by atoms with Crippen molar-refractivity contribution in [2.45, 2.75) is 72.1 Å². The second kappa shape index (κ2) is 8.72.